The van der Waals surface area contributed by atoms with Crippen LogP contribution in [0.15, 0.2) is 18.2 Å². The van der Waals surface area contributed by atoms with Crippen LogP contribution < -0.4 is 10.5 Å². The highest BCUT2D eigenvalue weighted by molar-refractivity contribution is 6.30. The van der Waals surface area contributed by atoms with Gasteiger partial charge in [-0.25, -0.2) is 0 Å². The number of benzene rings is 1. The van der Waals surface area contributed by atoms with Crippen molar-refractivity contribution in [1.29, 1.82) is 0 Å². The van der Waals surface area contributed by atoms with E-state index in [1.807, 2.05) is 25.1 Å². The van der Waals surface area contributed by atoms with E-state index in [9.17, 15) is 0 Å². The fourth-order valence-corrected chi connectivity index (χ4v) is 1.97. The van der Waals surface area contributed by atoms with Gasteiger partial charge < -0.3 is 10.5 Å². The molecule has 0 heterocycles. The van der Waals surface area contributed by atoms with E-state index in [-0.39, 0.29) is 6.04 Å². The SMILES string of the molecule is CC(N)c1cc(Cl)ccc1OCCCC(C)(C)C. The van der Waals surface area contributed by atoms with Crippen molar-refractivity contribution in [3.05, 3.63) is 28.8 Å². The molecule has 0 aliphatic heterocycles. The number of hydrogen-bond acceptors (Lipinski definition) is 2. The van der Waals surface area contributed by atoms with E-state index in [2.05, 4.69) is 20.8 Å². The highest BCUT2D eigenvalue weighted by Crippen LogP contribution is 2.28. The smallest absolute Gasteiger partial charge is 0.124 e. The van der Waals surface area contributed by atoms with Crippen molar-refractivity contribution >= 4 is 11.6 Å². The standard InChI is InChI=1S/C15H24ClNO/c1-11(17)13-10-12(16)6-7-14(13)18-9-5-8-15(2,3)4/h6-7,10-11H,5,8-9,17H2,1-4H3. The van der Waals surface area contributed by atoms with Gasteiger partial charge in [0.05, 0.1) is 6.61 Å². The molecule has 0 amide bonds. The molecular weight excluding hydrogens is 246 g/mol. The summed E-state index contributed by atoms with van der Waals surface area (Å²) in [5, 5.41) is 0.698. The lowest BCUT2D eigenvalue weighted by Crippen LogP contribution is -2.11. The minimum Gasteiger partial charge on any atom is -0.493 e. The minimum absolute atomic E-state index is 0.0682. The Bertz CT molecular complexity index is 383. The van der Waals surface area contributed by atoms with Crippen molar-refractivity contribution in [3.8, 4) is 5.75 Å². The molecule has 1 rings (SSSR count). The first-order chi connectivity index (χ1) is 8.29. The molecule has 0 aliphatic carbocycles. The van der Waals surface area contributed by atoms with Gasteiger partial charge in [0.15, 0.2) is 0 Å². The maximum Gasteiger partial charge on any atom is 0.124 e. The van der Waals surface area contributed by atoms with Crippen molar-refractivity contribution < 1.29 is 4.74 Å². The van der Waals surface area contributed by atoms with Gasteiger partial charge in [0.25, 0.3) is 0 Å². The number of halogens is 1. The number of rotatable bonds is 5. The van der Waals surface area contributed by atoms with Crippen LogP contribution in [-0.4, -0.2) is 6.61 Å². The van der Waals surface area contributed by atoms with Gasteiger partial charge >= 0.3 is 0 Å². The van der Waals surface area contributed by atoms with Gasteiger partial charge in [0.2, 0.25) is 0 Å². The van der Waals surface area contributed by atoms with Gasteiger partial charge in [0.1, 0.15) is 5.75 Å². The number of hydrogen-bond donors (Lipinski definition) is 1. The normalized spacial score (nSPS) is 13.4. The summed E-state index contributed by atoms with van der Waals surface area (Å²) in [6.07, 6.45) is 2.19. The van der Waals surface area contributed by atoms with Crippen LogP contribution in [0.25, 0.3) is 0 Å². The Hall–Kier alpha value is -0.730. The molecule has 0 aromatic heterocycles. The van der Waals surface area contributed by atoms with Gasteiger partial charge in [-0.05, 0) is 43.4 Å². The molecule has 102 valence electrons. The van der Waals surface area contributed by atoms with Crippen molar-refractivity contribution in [2.75, 3.05) is 6.61 Å². The van der Waals surface area contributed by atoms with E-state index < -0.39 is 0 Å². The van der Waals surface area contributed by atoms with Crippen LogP contribution in [0.4, 0.5) is 0 Å². The third kappa shape index (κ3) is 5.28. The van der Waals surface area contributed by atoms with Crippen LogP contribution >= 0.6 is 11.6 Å². The second-order valence-electron chi connectivity index (χ2n) is 5.98. The van der Waals surface area contributed by atoms with E-state index in [4.69, 9.17) is 22.1 Å². The lowest BCUT2D eigenvalue weighted by Gasteiger charge is -2.19. The Morgan fingerprint density at radius 3 is 2.56 bits per heavy atom. The number of nitrogens with two attached hydrogens (primary N) is 1. The first kappa shape index (κ1) is 15.3. The van der Waals surface area contributed by atoms with Crippen LogP contribution in [0.1, 0.15) is 52.1 Å². The maximum absolute atomic E-state index is 5.97. The molecule has 1 atom stereocenters. The molecule has 0 saturated carbocycles. The molecule has 3 heteroatoms. The lowest BCUT2D eigenvalue weighted by molar-refractivity contribution is 0.266. The number of ether oxygens (including phenoxy) is 1. The minimum atomic E-state index is -0.0682. The molecule has 0 fully saturated rings. The quantitative estimate of drug-likeness (QED) is 0.795. The topological polar surface area (TPSA) is 35.2 Å². The first-order valence-electron chi connectivity index (χ1n) is 6.47. The zero-order chi connectivity index (χ0) is 13.8. The van der Waals surface area contributed by atoms with Gasteiger partial charge in [-0.1, -0.05) is 32.4 Å². The maximum atomic E-state index is 5.97. The zero-order valence-electron chi connectivity index (χ0n) is 11.8. The third-order valence-corrected chi connectivity index (χ3v) is 3.03. The molecule has 0 aliphatic rings. The largest absolute Gasteiger partial charge is 0.493 e. The highest BCUT2D eigenvalue weighted by Gasteiger charge is 2.11. The monoisotopic (exact) mass is 269 g/mol. The Balaban J connectivity index is 2.57. The Morgan fingerprint density at radius 2 is 2.00 bits per heavy atom. The van der Waals surface area contributed by atoms with Crippen LogP contribution in [0.3, 0.4) is 0 Å². The first-order valence-corrected chi connectivity index (χ1v) is 6.85. The Kier molecular flexibility index (Phi) is 5.48. The zero-order valence-corrected chi connectivity index (χ0v) is 12.6. The van der Waals surface area contributed by atoms with Gasteiger partial charge in [-0.2, -0.15) is 0 Å². The van der Waals surface area contributed by atoms with Crippen LogP contribution in [0.2, 0.25) is 5.02 Å². The van der Waals surface area contributed by atoms with E-state index in [1.165, 1.54) is 0 Å². The summed E-state index contributed by atoms with van der Waals surface area (Å²) in [6.45, 7) is 9.38. The molecule has 0 saturated heterocycles. The molecule has 2 N–H and O–H groups in total. The van der Waals surface area contributed by atoms with Gasteiger partial charge in [-0.15, -0.1) is 0 Å². The summed E-state index contributed by atoms with van der Waals surface area (Å²) in [4.78, 5) is 0. The fraction of sp³-hybridized carbons (Fsp3) is 0.600. The summed E-state index contributed by atoms with van der Waals surface area (Å²) in [5.41, 5.74) is 7.24. The average Bonchev–Trinajstić information content (AvgIpc) is 2.24. The van der Waals surface area contributed by atoms with E-state index in [0.29, 0.717) is 10.4 Å². The van der Waals surface area contributed by atoms with Crippen molar-refractivity contribution in [2.45, 2.75) is 46.6 Å². The van der Waals surface area contributed by atoms with Crippen LogP contribution in [0.5, 0.6) is 5.75 Å². The molecule has 1 aromatic carbocycles. The summed E-state index contributed by atoms with van der Waals surface area (Å²) < 4.78 is 5.81. The average molecular weight is 270 g/mol. The molecule has 0 bridgehead atoms. The van der Waals surface area contributed by atoms with Gasteiger partial charge in [-0.3, -0.25) is 0 Å². The van der Waals surface area contributed by atoms with E-state index in [1.54, 1.807) is 0 Å². The third-order valence-electron chi connectivity index (χ3n) is 2.79. The second-order valence-corrected chi connectivity index (χ2v) is 6.42. The second kappa shape index (κ2) is 6.44. The fourth-order valence-electron chi connectivity index (χ4n) is 1.79. The van der Waals surface area contributed by atoms with Crippen molar-refractivity contribution in [3.63, 3.8) is 0 Å². The highest BCUT2D eigenvalue weighted by atomic mass is 35.5. The predicted octanol–water partition coefficient (Wildman–Crippen LogP) is 4.56. The van der Waals surface area contributed by atoms with Crippen LogP contribution in [0, 0.1) is 5.41 Å². The molecule has 2 nitrogen and oxygen atoms in total. The summed E-state index contributed by atoms with van der Waals surface area (Å²) in [5.74, 6) is 0.850. The van der Waals surface area contributed by atoms with Crippen LogP contribution in [-0.2, 0) is 0 Å². The molecule has 18 heavy (non-hydrogen) atoms. The van der Waals surface area contributed by atoms with E-state index >= 15 is 0 Å². The van der Waals surface area contributed by atoms with Gasteiger partial charge in [0, 0.05) is 16.6 Å². The Labute approximate surface area is 115 Å². The Morgan fingerprint density at radius 1 is 1.33 bits per heavy atom. The molecule has 1 aromatic rings. The van der Waals surface area contributed by atoms with Crippen molar-refractivity contribution in [2.24, 2.45) is 11.1 Å². The predicted molar refractivity (Wildman–Crippen MR) is 78.2 cm³/mol. The molecular formula is C15H24ClNO. The summed E-state index contributed by atoms with van der Waals surface area (Å²) >= 11 is 5.97. The van der Waals surface area contributed by atoms with E-state index in [0.717, 1.165) is 30.8 Å². The lowest BCUT2D eigenvalue weighted by atomic mass is 9.91. The summed E-state index contributed by atoms with van der Waals surface area (Å²) in [6, 6.07) is 5.55. The summed E-state index contributed by atoms with van der Waals surface area (Å²) in [7, 11) is 0. The molecule has 1 unspecified atom stereocenters. The molecule has 0 spiro atoms. The van der Waals surface area contributed by atoms with Crippen molar-refractivity contribution in [1.82, 2.24) is 0 Å². The molecule has 0 radical (unpaired) electrons.